The number of hydrogen-bond acceptors (Lipinski definition) is 7. The number of rotatable bonds is 6. The summed E-state index contributed by atoms with van der Waals surface area (Å²) in [6.45, 7) is 0. The fraction of sp³-hybridized carbons (Fsp3) is 0.0526. The Morgan fingerprint density at radius 2 is 1.90 bits per heavy atom. The molecule has 0 spiro atoms. The normalized spacial score (nSPS) is 12.1. The van der Waals surface area contributed by atoms with Crippen molar-refractivity contribution in [1.82, 2.24) is 20.2 Å². The summed E-state index contributed by atoms with van der Waals surface area (Å²) in [5.41, 5.74) is 1.79. The first kappa shape index (κ1) is 20.6. The van der Waals surface area contributed by atoms with Crippen molar-refractivity contribution in [1.29, 1.82) is 0 Å². The number of oxazole rings is 1. The minimum atomic E-state index is -2.01. The van der Waals surface area contributed by atoms with Crippen molar-refractivity contribution in [2.45, 2.75) is 15.9 Å². The molecule has 3 heterocycles. The monoisotopic (exact) mass is 462 g/mol. The van der Waals surface area contributed by atoms with Gasteiger partial charge in [-0.3, -0.25) is 0 Å². The van der Waals surface area contributed by atoms with E-state index in [0.717, 1.165) is 0 Å². The van der Waals surface area contributed by atoms with Crippen LogP contribution in [-0.2, 0) is 16.8 Å². The number of hydrogen-bond donors (Lipinski definition) is 1. The van der Waals surface area contributed by atoms with E-state index in [1.807, 2.05) is 0 Å². The quantitative estimate of drug-likeness (QED) is 0.405. The van der Waals surface area contributed by atoms with Crippen LogP contribution in [0.3, 0.4) is 0 Å². The lowest BCUT2D eigenvalue weighted by Crippen LogP contribution is -1.99. The Balaban J connectivity index is 1.73. The molecule has 4 aromatic rings. The fourth-order valence-electron chi connectivity index (χ4n) is 2.46. The van der Waals surface area contributed by atoms with Crippen LogP contribution in [0, 0.1) is 5.82 Å². The van der Waals surface area contributed by atoms with Gasteiger partial charge in [-0.05, 0) is 60.3 Å². The van der Waals surface area contributed by atoms with Crippen LogP contribution < -0.4 is 0 Å². The zero-order chi connectivity index (χ0) is 21.1. The molecule has 7 nitrogen and oxygen atoms in total. The van der Waals surface area contributed by atoms with Gasteiger partial charge in [0.15, 0.2) is 16.2 Å². The number of aromatic nitrogens is 4. The largest absolute Gasteiger partial charge is 0.429 e. The van der Waals surface area contributed by atoms with Crippen LogP contribution in [-0.4, -0.2) is 28.9 Å². The Labute approximate surface area is 182 Å². The van der Waals surface area contributed by atoms with Crippen LogP contribution in [0.15, 0.2) is 69.3 Å². The lowest BCUT2D eigenvalue weighted by molar-refractivity contribution is 0.485. The van der Waals surface area contributed by atoms with Gasteiger partial charge >= 0.3 is 0 Å². The number of nitrogens with zero attached hydrogens (tertiary/aromatic N) is 4. The summed E-state index contributed by atoms with van der Waals surface area (Å²) in [6, 6.07) is 12.4. The molecule has 0 aliphatic heterocycles. The molecule has 0 saturated carbocycles. The van der Waals surface area contributed by atoms with Gasteiger partial charge in [0.2, 0.25) is 5.89 Å². The van der Waals surface area contributed by atoms with Gasteiger partial charge in [-0.1, -0.05) is 11.6 Å². The van der Waals surface area contributed by atoms with Gasteiger partial charge in [-0.15, -0.1) is 5.10 Å². The van der Waals surface area contributed by atoms with Gasteiger partial charge < -0.3 is 8.97 Å². The van der Waals surface area contributed by atoms with E-state index < -0.39 is 11.1 Å². The van der Waals surface area contributed by atoms with Crippen LogP contribution in [0.5, 0.6) is 0 Å². The molecule has 0 fully saturated rings. The molecule has 4 rings (SSSR count). The maximum Gasteiger partial charge on any atom is 0.228 e. The van der Waals surface area contributed by atoms with Crippen molar-refractivity contribution in [2.75, 3.05) is 0 Å². The molecule has 0 bridgehead atoms. The molecule has 0 aliphatic rings. The summed E-state index contributed by atoms with van der Waals surface area (Å²) in [5, 5.41) is 9.63. The first-order valence-corrected chi connectivity index (χ1v) is 10.9. The van der Waals surface area contributed by atoms with Crippen LogP contribution in [0.2, 0.25) is 5.02 Å². The van der Waals surface area contributed by atoms with Crippen molar-refractivity contribution in [3.8, 4) is 22.8 Å². The highest BCUT2D eigenvalue weighted by atomic mass is 35.5. The molecule has 1 atom stereocenters. The van der Waals surface area contributed by atoms with Gasteiger partial charge in [0.25, 0.3) is 0 Å². The van der Waals surface area contributed by atoms with Gasteiger partial charge in [0.05, 0.1) is 16.5 Å². The van der Waals surface area contributed by atoms with E-state index in [4.69, 9.17) is 20.6 Å². The van der Waals surface area contributed by atoms with Gasteiger partial charge in [-0.25, -0.2) is 18.6 Å². The highest BCUT2D eigenvalue weighted by Crippen LogP contribution is 2.37. The standard InChI is InChI=1S/C19H12ClFN4O3S2/c20-12-3-8-16(22-9-12)29-19-17(15-7-6-14(24-25-15)10-30(26)27)23-18(28-19)11-1-4-13(21)5-2-11/h1-9H,10H2,(H,26,27). The molecule has 30 heavy (non-hydrogen) atoms. The summed E-state index contributed by atoms with van der Waals surface area (Å²) >= 11 is 5.10. The molecule has 1 unspecified atom stereocenters. The summed E-state index contributed by atoms with van der Waals surface area (Å²) in [4.78, 5) is 8.75. The molecule has 3 aromatic heterocycles. The van der Waals surface area contributed by atoms with E-state index in [-0.39, 0.29) is 17.5 Å². The molecule has 0 saturated heterocycles. The molecule has 11 heteroatoms. The molecule has 1 aromatic carbocycles. The second kappa shape index (κ2) is 9.00. The van der Waals surface area contributed by atoms with Gasteiger partial charge in [0, 0.05) is 11.8 Å². The lowest BCUT2D eigenvalue weighted by atomic mass is 10.2. The van der Waals surface area contributed by atoms with E-state index in [1.54, 1.807) is 36.4 Å². The Kier molecular flexibility index (Phi) is 6.18. The maximum atomic E-state index is 13.3. The fourth-order valence-corrected chi connectivity index (χ4v) is 3.78. The van der Waals surface area contributed by atoms with Crippen molar-refractivity contribution in [3.05, 3.63) is 71.3 Å². The zero-order valence-electron chi connectivity index (χ0n) is 15.0. The molecule has 152 valence electrons. The molecule has 1 N–H and O–H groups in total. The number of halogens is 2. The first-order valence-electron chi connectivity index (χ1n) is 8.44. The molecule has 0 aliphatic carbocycles. The van der Waals surface area contributed by atoms with Crippen LogP contribution in [0.1, 0.15) is 5.69 Å². The average molecular weight is 463 g/mol. The van der Waals surface area contributed by atoms with Crippen molar-refractivity contribution in [2.24, 2.45) is 0 Å². The summed E-state index contributed by atoms with van der Waals surface area (Å²) < 4.78 is 39.2. The van der Waals surface area contributed by atoms with E-state index in [2.05, 4.69) is 20.2 Å². The third-order valence-electron chi connectivity index (χ3n) is 3.82. The van der Waals surface area contributed by atoms with Crippen LogP contribution in [0.25, 0.3) is 22.8 Å². The van der Waals surface area contributed by atoms with E-state index in [9.17, 15) is 8.60 Å². The third-order valence-corrected chi connectivity index (χ3v) is 5.50. The van der Waals surface area contributed by atoms with E-state index in [0.29, 0.717) is 37.8 Å². The molecular formula is C19H12ClFN4O3S2. The Morgan fingerprint density at radius 1 is 1.10 bits per heavy atom. The minimum absolute atomic E-state index is 0.122. The van der Waals surface area contributed by atoms with Gasteiger partial charge in [-0.2, -0.15) is 5.10 Å². The molecular weight excluding hydrogens is 451 g/mol. The Hall–Kier alpha value is -2.66. The Bertz CT molecular complexity index is 1190. The van der Waals surface area contributed by atoms with Crippen LogP contribution >= 0.6 is 23.4 Å². The highest BCUT2D eigenvalue weighted by molar-refractivity contribution is 7.99. The lowest BCUT2D eigenvalue weighted by Gasteiger charge is -2.01. The first-order chi connectivity index (χ1) is 14.5. The second-order valence-corrected chi connectivity index (χ2v) is 8.32. The van der Waals surface area contributed by atoms with Crippen LogP contribution in [0.4, 0.5) is 4.39 Å². The SMILES string of the molecule is O=S(O)Cc1ccc(-c2nc(-c3ccc(F)cc3)oc2Sc2ccc(Cl)cn2)nn1. The Morgan fingerprint density at radius 3 is 2.53 bits per heavy atom. The van der Waals surface area contributed by atoms with E-state index in [1.165, 1.54) is 30.1 Å². The third kappa shape index (κ3) is 4.90. The smallest absolute Gasteiger partial charge is 0.228 e. The zero-order valence-corrected chi connectivity index (χ0v) is 17.4. The predicted octanol–water partition coefficient (Wildman–Crippen LogP) is 4.86. The van der Waals surface area contributed by atoms with Crippen molar-refractivity contribution < 1.29 is 17.6 Å². The van der Waals surface area contributed by atoms with Crippen molar-refractivity contribution >= 4 is 34.4 Å². The van der Waals surface area contributed by atoms with E-state index >= 15 is 0 Å². The second-order valence-electron chi connectivity index (χ2n) is 5.95. The summed E-state index contributed by atoms with van der Waals surface area (Å²) in [6.07, 6.45) is 1.52. The van der Waals surface area contributed by atoms with Gasteiger partial charge in [0.1, 0.15) is 22.2 Å². The summed E-state index contributed by atoms with van der Waals surface area (Å²) in [5.74, 6) is -0.208. The topological polar surface area (TPSA) is 102 Å². The molecule has 0 radical (unpaired) electrons. The van der Waals surface area contributed by atoms with Crippen molar-refractivity contribution in [3.63, 3.8) is 0 Å². The highest BCUT2D eigenvalue weighted by Gasteiger charge is 2.20. The number of benzene rings is 1. The average Bonchev–Trinajstić information content (AvgIpc) is 3.14. The minimum Gasteiger partial charge on any atom is -0.429 e. The predicted molar refractivity (Wildman–Crippen MR) is 111 cm³/mol. The number of pyridine rings is 1. The maximum absolute atomic E-state index is 13.3. The molecule has 0 amide bonds. The summed E-state index contributed by atoms with van der Waals surface area (Å²) in [7, 11) is 0.